The summed E-state index contributed by atoms with van der Waals surface area (Å²) < 4.78 is 6.07. The van der Waals surface area contributed by atoms with Crippen molar-refractivity contribution in [1.29, 1.82) is 0 Å². The second-order valence-electron chi connectivity index (χ2n) is 6.69. The standard InChI is InChI=1S/C16H22O4/c1-8(2)9-4-5-16(3)11(9)6-10-14(19)12(17)7-13(18)15(10)20-16/h9,11-13,17-18H,1,4-7H2,2-3H3/t9-,11-,12+,13-,16+/m0/s1. The fourth-order valence-corrected chi connectivity index (χ4v) is 4.08. The number of aliphatic hydroxyl groups is 2. The van der Waals surface area contributed by atoms with Gasteiger partial charge in [0.2, 0.25) is 0 Å². The molecule has 0 aromatic heterocycles. The van der Waals surface area contributed by atoms with E-state index >= 15 is 0 Å². The molecule has 4 heteroatoms. The molecule has 2 N–H and O–H groups in total. The fraction of sp³-hybridized carbons (Fsp3) is 0.688. The molecule has 0 aromatic rings. The van der Waals surface area contributed by atoms with Crippen LogP contribution in [0.25, 0.3) is 0 Å². The van der Waals surface area contributed by atoms with Gasteiger partial charge in [-0.25, -0.2) is 0 Å². The third-order valence-electron chi connectivity index (χ3n) is 5.27. The lowest BCUT2D eigenvalue weighted by molar-refractivity contribution is -0.133. The van der Waals surface area contributed by atoms with Crippen LogP contribution in [0.3, 0.4) is 0 Å². The van der Waals surface area contributed by atoms with E-state index in [-0.39, 0.29) is 23.7 Å². The molecular weight excluding hydrogens is 256 g/mol. The molecular formula is C16H22O4. The molecule has 0 saturated heterocycles. The van der Waals surface area contributed by atoms with Gasteiger partial charge in [-0.05, 0) is 39.0 Å². The normalized spacial score (nSPS) is 43.9. The van der Waals surface area contributed by atoms with Crippen LogP contribution in [0.4, 0.5) is 0 Å². The van der Waals surface area contributed by atoms with Gasteiger partial charge >= 0.3 is 0 Å². The van der Waals surface area contributed by atoms with Crippen molar-refractivity contribution in [1.82, 2.24) is 0 Å². The number of hydrogen-bond donors (Lipinski definition) is 2. The van der Waals surface area contributed by atoms with E-state index in [0.29, 0.717) is 23.7 Å². The largest absolute Gasteiger partial charge is 0.488 e. The van der Waals surface area contributed by atoms with Crippen LogP contribution < -0.4 is 0 Å². The Morgan fingerprint density at radius 1 is 1.40 bits per heavy atom. The lowest BCUT2D eigenvalue weighted by atomic mass is 9.74. The van der Waals surface area contributed by atoms with Gasteiger partial charge in [0, 0.05) is 17.9 Å². The van der Waals surface area contributed by atoms with Crippen molar-refractivity contribution in [2.75, 3.05) is 0 Å². The van der Waals surface area contributed by atoms with Crippen molar-refractivity contribution >= 4 is 5.78 Å². The van der Waals surface area contributed by atoms with Gasteiger partial charge in [0.15, 0.2) is 5.78 Å². The molecule has 20 heavy (non-hydrogen) atoms. The summed E-state index contributed by atoms with van der Waals surface area (Å²) in [5, 5.41) is 19.8. The minimum atomic E-state index is -1.10. The van der Waals surface area contributed by atoms with Crippen LogP contribution in [-0.4, -0.2) is 33.8 Å². The lowest BCUT2D eigenvalue weighted by Crippen LogP contribution is -2.47. The molecule has 0 radical (unpaired) electrons. The zero-order valence-electron chi connectivity index (χ0n) is 12.1. The van der Waals surface area contributed by atoms with Gasteiger partial charge in [0.1, 0.15) is 23.6 Å². The van der Waals surface area contributed by atoms with Crippen LogP contribution in [0.1, 0.15) is 39.5 Å². The molecule has 4 nitrogen and oxygen atoms in total. The number of rotatable bonds is 1. The van der Waals surface area contributed by atoms with E-state index in [9.17, 15) is 15.0 Å². The maximum Gasteiger partial charge on any atom is 0.190 e. The van der Waals surface area contributed by atoms with Crippen molar-refractivity contribution in [3.05, 3.63) is 23.5 Å². The van der Waals surface area contributed by atoms with Gasteiger partial charge in [0.25, 0.3) is 0 Å². The Labute approximate surface area is 119 Å². The quantitative estimate of drug-likeness (QED) is 0.717. The van der Waals surface area contributed by atoms with Crippen LogP contribution in [0, 0.1) is 11.8 Å². The van der Waals surface area contributed by atoms with Crippen LogP contribution in [0.2, 0.25) is 0 Å². The van der Waals surface area contributed by atoms with Crippen molar-refractivity contribution in [2.24, 2.45) is 11.8 Å². The number of ketones is 1. The highest BCUT2D eigenvalue weighted by Crippen LogP contribution is 2.53. The maximum absolute atomic E-state index is 12.2. The van der Waals surface area contributed by atoms with Crippen LogP contribution in [-0.2, 0) is 9.53 Å². The Bertz CT molecular complexity index is 507. The Morgan fingerprint density at radius 3 is 2.75 bits per heavy atom. The molecule has 5 atom stereocenters. The number of hydrogen-bond acceptors (Lipinski definition) is 4. The average molecular weight is 278 g/mol. The summed E-state index contributed by atoms with van der Waals surface area (Å²) in [6.45, 7) is 8.14. The van der Waals surface area contributed by atoms with E-state index in [1.807, 2.05) is 6.92 Å². The van der Waals surface area contributed by atoms with E-state index < -0.39 is 12.2 Å². The Kier molecular flexibility index (Phi) is 3.07. The summed E-state index contributed by atoms with van der Waals surface area (Å²) in [6.07, 6.45) is 0.582. The summed E-state index contributed by atoms with van der Waals surface area (Å²) in [4.78, 5) is 12.2. The van der Waals surface area contributed by atoms with E-state index in [0.717, 1.165) is 18.4 Å². The molecule has 0 spiro atoms. The zero-order valence-corrected chi connectivity index (χ0v) is 12.1. The van der Waals surface area contributed by atoms with Gasteiger partial charge in [-0.1, -0.05) is 12.2 Å². The number of carbonyl (C=O) groups excluding carboxylic acids is 1. The Morgan fingerprint density at radius 2 is 2.10 bits per heavy atom. The summed E-state index contributed by atoms with van der Waals surface area (Å²) in [5.74, 6) is 0.680. The summed E-state index contributed by atoms with van der Waals surface area (Å²) in [5.41, 5.74) is 1.29. The molecule has 0 bridgehead atoms. The number of carbonyl (C=O) groups is 1. The second kappa shape index (κ2) is 4.43. The first-order valence-corrected chi connectivity index (χ1v) is 7.31. The van der Waals surface area contributed by atoms with Gasteiger partial charge in [-0.3, -0.25) is 4.79 Å². The lowest BCUT2D eigenvalue weighted by Gasteiger charge is -2.44. The highest BCUT2D eigenvalue weighted by molar-refractivity contribution is 6.00. The number of aliphatic hydroxyl groups excluding tert-OH is 2. The smallest absolute Gasteiger partial charge is 0.190 e. The summed E-state index contributed by atoms with van der Waals surface area (Å²) in [7, 11) is 0. The van der Waals surface area contributed by atoms with Gasteiger partial charge in [-0.2, -0.15) is 0 Å². The van der Waals surface area contributed by atoms with Crippen molar-refractivity contribution < 1.29 is 19.7 Å². The maximum atomic E-state index is 12.2. The molecule has 0 aromatic carbocycles. The molecule has 3 aliphatic rings. The monoisotopic (exact) mass is 278 g/mol. The molecule has 0 unspecified atom stereocenters. The number of ether oxygens (including phenoxy) is 1. The minimum absolute atomic E-state index is 0.0440. The van der Waals surface area contributed by atoms with Crippen molar-refractivity contribution in [3.8, 4) is 0 Å². The van der Waals surface area contributed by atoms with E-state index in [4.69, 9.17) is 4.74 Å². The number of fused-ring (bicyclic) bond motifs is 1. The highest BCUT2D eigenvalue weighted by atomic mass is 16.5. The van der Waals surface area contributed by atoms with E-state index in [2.05, 4.69) is 13.5 Å². The topological polar surface area (TPSA) is 66.8 Å². The van der Waals surface area contributed by atoms with Crippen LogP contribution >= 0.6 is 0 Å². The second-order valence-corrected chi connectivity index (χ2v) is 6.69. The van der Waals surface area contributed by atoms with Crippen molar-refractivity contribution in [2.45, 2.75) is 57.3 Å². The minimum Gasteiger partial charge on any atom is -0.488 e. The van der Waals surface area contributed by atoms with E-state index in [1.54, 1.807) is 0 Å². The summed E-state index contributed by atoms with van der Waals surface area (Å²) in [6, 6.07) is 0. The van der Waals surface area contributed by atoms with E-state index in [1.165, 1.54) is 0 Å². The third-order valence-corrected chi connectivity index (χ3v) is 5.27. The van der Waals surface area contributed by atoms with Gasteiger partial charge in [0.05, 0.1) is 0 Å². The predicted molar refractivity (Wildman–Crippen MR) is 73.8 cm³/mol. The third kappa shape index (κ3) is 1.85. The first-order valence-electron chi connectivity index (χ1n) is 7.31. The first kappa shape index (κ1) is 13.8. The van der Waals surface area contributed by atoms with Gasteiger partial charge in [-0.15, -0.1) is 0 Å². The summed E-state index contributed by atoms with van der Waals surface area (Å²) >= 11 is 0. The molecule has 1 fully saturated rings. The molecule has 1 saturated carbocycles. The molecule has 1 aliphatic heterocycles. The molecule has 3 rings (SSSR count). The molecule has 110 valence electrons. The zero-order chi connectivity index (χ0) is 14.7. The number of Topliss-reactive ketones (excluding diaryl/α,β-unsaturated/α-hetero) is 1. The molecule has 2 aliphatic carbocycles. The van der Waals surface area contributed by atoms with Gasteiger partial charge < -0.3 is 14.9 Å². The Hall–Kier alpha value is -1.13. The van der Waals surface area contributed by atoms with Crippen molar-refractivity contribution in [3.63, 3.8) is 0 Å². The fourth-order valence-electron chi connectivity index (χ4n) is 4.08. The first-order chi connectivity index (χ1) is 9.33. The van der Waals surface area contributed by atoms with Crippen LogP contribution in [0.15, 0.2) is 23.5 Å². The average Bonchev–Trinajstić information content (AvgIpc) is 2.71. The predicted octanol–water partition coefficient (Wildman–Crippen LogP) is 1.72. The SMILES string of the molecule is C=C(C)[C@@H]1CC[C@@]2(C)OC3=C(C[C@@H]12)C(=O)[C@H](O)C[C@@H]3O. The molecule has 0 amide bonds. The number of allylic oxidation sites excluding steroid dienone is 1. The highest BCUT2D eigenvalue weighted by Gasteiger charge is 2.53. The van der Waals surface area contributed by atoms with Crippen LogP contribution in [0.5, 0.6) is 0 Å². The Balaban J connectivity index is 1.99. The molecule has 1 heterocycles.